The molecule has 1 fully saturated rings. The lowest BCUT2D eigenvalue weighted by atomic mass is 10.1. The van der Waals surface area contributed by atoms with E-state index >= 15 is 0 Å². The Morgan fingerprint density at radius 1 is 1.08 bits per heavy atom. The molecule has 5 nitrogen and oxygen atoms in total. The molecule has 2 aromatic rings. The number of benzene rings is 1. The molecule has 2 heterocycles. The third kappa shape index (κ3) is 3.62. The lowest BCUT2D eigenvalue weighted by Gasteiger charge is -2.13. The molecule has 0 spiro atoms. The van der Waals surface area contributed by atoms with Crippen LogP contribution in [-0.2, 0) is 10.0 Å². The highest BCUT2D eigenvalue weighted by Crippen LogP contribution is 2.26. The molecule has 1 aromatic carbocycles. The minimum atomic E-state index is -3.69. The first kappa shape index (κ1) is 17.0. The molecule has 7 heteroatoms. The Hall–Kier alpha value is -1.86. The van der Waals surface area contributed by atoms with Crippen molar-refractivity contribution in [3.63, 3.8) is 0 Å². The number of carbonyl (C=O) groups is 1. The van der Waals surface area contributed by atoms with Gasteiger partial charge in [0.05, 0.1) is 4.88 Å². The average Bonchev–Trinajstić information content (AvgIpc) is 3.17. The van der Waals surface area contributed by atoms with Crippen LogP contribution < -0.4 is 4.72 Å². The standard InChI is InChI=1S/C17H20N2O3S2/c1-12-9-13(2)11-14(10-12)18-24(21,22)16-6-5-15(23-16)17(20)19-7-3-4-8-19/h5-6,9-11,18H,3-4,7-8H2,1-2H3. The summed E-state index contributed by atoms with van der Waals surface area (Å²) >= 11 is 1.02. The van der Waals surface area contributed by atoms with Crippen molar-refractivity contribution in [2.24, 2.45) is 0 Å². The molecule has 0 unspecified atom stereocenters. The molecule has 1 N–H and O–H groups in total. The maximum absolute atomic E-state index is 12.6. The molecule has 3 rings (SSSR count). The number of nitrogens with one attached hydrogen (secondary N) is 1. The predicted octanol–water partition coefficient (Wildman–Crippen LogP) is 3.40. The number of amides is 1. The number of carbonyl (C=O) groups excluding carboxylic acids is 1. The molecule has 1 amide bonds. The summed E-state index contributed by atoms with van der Waals surface area (Å²) in [5.41, 5.74) is 2.51. The van der Waals surface area contributed by atoms with E-state index in [9.17, 15) is 13.2 Å². The zero-order valence-corrected chi connectivity index (χ0v) is 15.3. The van der Waals surface area contributed by atoms with Gasteiger partial charge in [-0.25, -0.2) is 8.42 Å². The second-order valence-electron chi connectivity index (χ2n) is 6.10. The number of hydrogen-bond acceptors (Lipinski definition) is 4. The second kappa shape index (κ2) is 6.57. The van der Waals surface area contributed by atoms with Gasteiger partial charge in [-0.15, -0.1) is 11.3 Å². The first-order valence-electron chi connectivity index (χ1n) is 7.85. The Bertz CT molecular complexity index is 845. The van der Waals surface area contributed by atoms with Crippen molar-refractivity contribution in [2.75, 3.05) is 17.8 Å². The number of hydrogen-bond donors (Lipinski definition) is 1. The first-order valence-corrected chi connectivity index (χ1v) is 10.2. The normalized spacial score (nSPS) is 14.8. The summed E-state index contributed by atoms with van der Waals surface area (Å²) in [6.07, 6.45) is 2.02. The van der Waals surface area contributed by atoms with Crippen molar-refractivity contribution in [1.82, 2.24) is 4.90 Å². The van der Waals surface area contributed by atoms with Crippen molar-refractivity contribution in [1.29, 1.82) is 0 Å². The minimum Gasteiger partial charge on any atom is -0.338 e. The van der Waals surface area contributed by atoms with E-state index in [0.29, 0.717) is 10.6 Å². The van der Waals surface area contributed by atoms with Crippen LogP contribution in [-0.4, -0.2) is 32.3 Å². The molecule has 1 saturated heterocycles. The lowest BCUT2D eigenvalue weighted by molar-refractivity contribution is 0.0797. The van der Waals surface area contributed by atoms with Crippen molar-refractivity contribution in [3.05, 3.63) is 46.3 Å². The van der Waals surface area contributed by atoms with E-state index in [2.05, 4.69) is 4.72 Å². The molecule has 1 aliphatic heterocycles. The van der Waals surface area contributed by atoms with Crippen LogP contribution in [0.25, 0.3) is 0 Å². The van der Waals surface area contributed by atoms with E-state index < -0.39 is 10.0 Å². The fourth-order valence-electron chi connectivity index (χ4n) is 2.89. The maximum atomic E-state index is 12.6. The Morgan fingerprint density at radius 2 is 1.71 bits per heavy atom. The molecule has 1 aliphatic rings. The summed E-state index contributed by atoms with van der Waals surface area (Å²) in [6, 6.07) is 8.65. The number of nitrogens with zero attached hydrogens (tertiary/aromatic N) is 1. The monoisotopic (exact) mass is 364 g/mol. The van der Waals surface area contributed by atoms with Crippen LogP contribution in [0.2, 0.25) is 0 Å². The van der Waals surface area contributed by atoms with Crippen molar-refractivity contribution in [2.45, 2.75) is 30.9 Å². The Morgan fingerprint density at radius 3 is 2.33 bits per heavy atom. The van der Waals surface area contributed by atoms with E-state index in [0.717, 1.165) is 48.4 Å². The van der Waals surface area contributed by atoms with Crippen LogP contribution in [0.4, 0.5) is 5.69 Å². The molecule has 0 atom stereocenters. The molecule has 0 aliphatic carbocycles. The number of sulfonamides is 1. The van der Waals surface area contributed by atoms with E-state index in [4.69, 9.17) is 0 Å². The number of aryl methyl sites for hydroxylation is 2. The van der Waals surface area contributed by atoms with Crippen LogP contribution in [0, 0.1) is 13.8 Å². The van der Waals surface area contributed by atoms with E-state index in [1.807, 2.05) is 19.9 Å². The number of anilines is 1. The van der Waals surface area contributed by atoms with Gasteiger partial charge in [-0.2, -0.15) is 0 Å². The zero-order valence-electron chi connectivity index (χ0n) is 13.7. The average molecular weight is 364 g/mol. The van der Waals surface area contributed by atoms with Crippen LogP contribution in [0.15, 0.2) is 34.5 Å². The van der Waals surface area contributed by atoms with Gasteiger partial charge in [0.15, 0.2) is 0 Å². The summed E-state index contributed by atoms with van der Waals surface area (Å²) < 4.78 is 27.9. The maximum Gasteiger partial charge on any atom is 0.271 e. The van der Waals surface area contributed by atoms with Gasteiger partial charge in [0.2, 0.25) is 0 Å². The third-order valence-electron chi connectivity index (χ3n) is 3.92. The van der Waals surface area contributed by atoms with Crippen LogP contribution >= 0.6 is 11.3 Å². The summed E-state index contributed by atoms with van der Waals surface area (Å²) in [4.78, 5) is 14.6. The Balaban J connectivity index is 1.81. The number of rotatable bonds is 4. The predicted molar refractivity (Wildman–Crippen MR) is 96.2 cm³/mol. The first-order chi connectivity index (χ1) is 11.3. The van der Waals surface area contributed by atoms with E-state index in [1.54, 1.807) is 23.1 Å². The Kier molecular flexibility index (Phi) is 4.64. The topological polar surface area (TPSA) is 66.5 Å². The molecule has 24 heavy (non-hydrogen) atoms. The van der Waals surface area contributed by atoms with Crippen LogP contribution in [0.5, 0.6) is 0 Å². The highest BCUT2D eigenvalue weighted by Gasteiger charge is 2.24. The van der Waals surface area contributed by atoms with Gasteiger partial charge in [-0.3, -0.25) is 9.52 Å². The number of likely N-dealkylation sites (tertiary alicyclic amines) is 1. The van der Waals surface area contributed by atoms with Gasteiger partial charge in [0.25, 0.3) is 15.9 Å². The van der Waals surface area contributed by atoms with Gasteiger partial charge in [-0.05, 0) is 62.1 Å². The van der Waals surface area contributed by atoms with Crippen molar-refractivity contribution < 1.29 is 13.2 Å². The van der Waals surface area contributed by atoms with Crippen LogP contribution in [0.3, 0.4) is 0 Å². The highest BCUT2D eigenvalue weighted by atomic mass is 32.2. The van der Waals surface area contributed by atoms with E-state index in [-0.39, 0.29) is 10.1 Å². The lowest BCUT2D eigenvalue weighted by Crippen LogP contribution is -2.26. The summed E-state index contributed by atoms with van der Waals surface area (Å²) in [5.74, 6) is -0.0784. The summed E-state index contributed by atoms with van der Waals surface area (Å²) in [6.45, 7) is 5.34. The molecular weight excluding hydrogens is 344 g/mol. The van der Waals surface area contributed by atoms with Gasteiger partial charge in [0, 0.05) is 18.8 Å². The minimum absolute atomic E-state index is 0.0784. The molecule has 0 saturated carbocycles. The SMILES string of the molecule is Cc1cc(C)cc(NS(=O)(=O)c2ccc(C(=O)N3CCCC3)s2)c1. The second-order valence-corrected chi connectivity index (χ2v) is 9.09. The fourth-order valence-corrected chi connectivity index (χ4v) is 5.21. The summed E-state index contributed by atoms with van der Waals surface area (Å²) in [7, 11) is -3.69. The highest BCUT2D eigenvalue weighted by molar-refractivity contribution is 7.94. The Labute approximate surface area is 146 Å². The summed E-state index contributed by atoms with van der Waals surface area (Å²) in [5, 5.41) is 0. The molecule has 0 radical (unpaired) electrons. The van der Waals surface area contributed by atoms with Crippen molar-refractivity contribution in [3.8, 4) is 0 Å². The van der Waals surface area contributed by atoms with E-state index in [1.165, 1.54) is 6.07 Å². The quantitative estimate of drug-likeness (QED) is 0.904. The number of thiophene rings is 1. The van der Waals surface area contributed by atoms with Gasteiger partial charge < -0.3 is 4.90 Å². The van der Waals surface area contributed by atoms with Crippen LogP contribution in [0.1, 0.15) is 33.6 Å². The molecular formula is C17H20N2O3S2. The zero-order chi connectivity index (χ0) is 17.3. The largest absolute Gasteiger partial charge is 0.338 e. The molecule has 0 bridgehead atoms. The van der Waals surface area contributed by atoms with Crippen molar-refractivity contribution >= 4 is 33.0 Å². The smallest absolute Gasteiger partial charge is 0.271 e. The molecule has 1 aromatic heterocycles. The van der Waals surface area contributed by atoms with Gasteiger partial charge in [-0.1, -0.05) is 6.07 Å². The van der Waals surface area contributed by atoms with Gasteiger partial charge >= 0.3 is 0 Å². The fraction of sp³-hybridized carbons (Fsp3) is 0.353. The third-order valence-corrected chi connectivity index (χ3v) is 6.87. The molecule has 128 valence electrons. The van der Waals surface area contributed by atoms with Gasteiger partial charge in [0.1, 0.15) is 4.21 Å².